The van der Waals surface area contributed by atoms with Crippen LogP contribution in [-0.2, 0) is 13.8 Å². The van der Waals surface area contributed by atoms with E-state index < -0.39 is 18.8 Å². The summed E-state index contributed by atoms with van der Waals surface area (Å²) in [5, 5.41) is 10.9. The first-order chi connectivity index (χ1) is 15.8. The summed E-state index contributed by atoms with van der Waals surface area (Å²) in [6.07, 6.45) is 16.3. The van der Waals surface area contributed by atoms with Gasteiger partial charge in [0, 0.05) is 25.2 Å². The van der Waals surface area contributed by atoms with Crippen LogP contribution in [0.1, 0.15) is 108 Å². The van der Waals surface area contributed by atoms with Gasteiger partial charge in [-0.3, -0.25) is 14.6 Å². The first-order valence-electron chi connectivity index (χ1n) is 12.4. The molecule has 1 unspecified atom stereocenters. The van der Waals surface area contributed by atoms with Gasteiger partial charge in [-0.2, -0.15) is 0 Å². The maximum absolute atomic E-state index is 10.9. The summed E-state index contributed by atoms with van der Waals surface area (Å²) in [6, 6.07) is 6.04. The van der Waals surface area contributed by atoms with E-state index in [1.54, 1.807) is 12.1 Å². The lowest BCUT2D eigenvalue weighted by Crippen LogP contribution is -2.09. The third-order valence-electron chi connectivity index (χ3n) is 5.68. The Morgan fingerprint density at radius 3 is 1.79 bits per heavy atom. The van der Waals surface area contributed by atoms with Crippen molar-refractivity contribution >= 4 is 13.5 Å². The lowest BCUT2D eigenvalue weighted by atomic mass is 10.0. The lowest BCUT2D eigenvalue weighted by molar-refractivity contribution is -0.384. The van der Waals surface area contributed by atoms with Gasteiger partial charge < -0.3 is 14.5 Å². The number of nitro groups is 1. The average Bonchev–Trinajstić information content (AvgIpc) is 2.77. The second kappa shape index (κ2) is 18.1. The van der Waals surface area contributed by atoms with Crippen molar-refractivity contribution in [2.75, 3.05) is 13.2 Å². The summed E-state index contributed by atoms with van der Waals surface area (Å²) in [4.78, 5) is 28.1. The third kappa shape index (κ3) is 16.0. The predicted octanol–water partition coefficient (Wildman–Crippen LogP) is 7.24. The quantitative estimate of drug-likeness (QED) is 0.0811. The van der Waals surface area contributed by atoms with Crippen LogP contribution in [0.4, 0.5) is 5.69 Å². The van der Waals surface area contributed by atoms with E-state index in [0.717, 1.165) is 18.4 Å². The highest BCUT2D eigenvalue weighted by Crippen LogP contribution is 2.37. The van der Waals surface area contributed by atoms with Gasteiger partial charge in [-0.15, -0.1) is 0 Å². The molecule has 0 fully saturated rings. The van der Waals surface area contributed by atoms with Crippen LogP contribution in [0.2, 0.25) is 0 Å². The minimum Gasteiger partial charge on any atom is -0.373 e. The molecule has 190 valence electrons. The monoisotopic (exact) mass is 487 g/mol. The highest BCUT2D eigenvalue weighted by Gasteiger charge is 2.18. The summed E-state index contributed by atoms with van der Waals surface area (Å²) in [5.74, 6) is 0. The molecule has 1 aromatic rings. The highest BCUT2D eigenvalue weighted by atomic mass is 31.2. The second-order valence-corrected chi connectivity index (χ2v) is 9.80. The fourth-order valence-electron chi connectivity index (χ4n) is 3.78. The van der Waals surface area contributed by atoms with E-state index >= 15 is 0 Å². The molecule has 1 aromatic carbocycles. The van der Waals surface area contributed by atoms with E-state index in [1.165, 1.54) is 82.8 Å². The minimum absolute atomic E-state index is 0.0135. The van der Waals surface area contributed by atoms with Gasteiger partial charge in [-0.1, -0.05) is 84.0 Å². The first kappa shape index (κ1) is 29.7. The van der Waals surface area contributed by atoms with Crippen molar-refractivity contribution in [2.45, 2.75) is 103 Å². The van der Waals surface area contributed by atoms with E-state index in [9.17, 15) is 14.7 Å². The van der Waals surface area contributed by atoms with Crippen molar-refractivity contribution in [2.24, 2.45) is 0 Å². The maximum Gasteiger partial charge on any atom is 0.469 e. The summed E-state index contributed by atoms with van der Waals surface area (Å²) < 4.78 is 21.4. The van der Waals surface area contributed by atoms with E-state index in [1.807, 2.05) is 0 Å². The topological polar surface area (TPSA) is 119 Å². The van der Waals surface area contributed by atoms with Crippen LogP contribution >= 0.6 is 7.82 Å². The number of non-ortho nitro benzene ring substituents is 1. The molecule has 0 aliphatic rings. The molecule has 1 atom stereocenters. The molecule has 0 radical (unpaired) electrons. The fourth-order valence-corrected chi connectivity index (χ4v) is 4.12. The standard InChI is InChI=1S/C24H42NO7P/c1-2-3-4-5-6-7-8-9-10-11-12-13-14-20-31-24(19-21-32-33(28,29)30)22-15-17-23(18-16-22)25(26)27/h15-18,24H,2-14,19-21H2,1H3,(H2,28,29,30). The molecule has 0 amide bonds. The molecule has 0 saturated heterocycles. The summed E-state index contributed by atoms with van der Waals surface area (Å²) >= 11 is 0. The van der Waals surface area contributed by atoms with Gasteiger partial charge in [0.25, 0.3) is 5.69 Å². The number of unbranched alkanes of at least 4 members (excludes halogenated alkanes) is 12. The minimum atomic E-state index is -4.54. The van der Waals surface area contributed by atoms with Crippen LogP contribution in [0, 0.1) is 10.1 Å². The van der Waals surface area contributed by atoms with E-state index in [-0.39, 0.29) is 18.7 Å². The molecule has 9 heteroatoms. The Kier molecular flexibility index (Phi) is 16.3. The molecule has 0 spiro atoms. The van der Waals surface area contributed by atoms with Crippen LogP contribution in [0.5, 0.6) is 0 Å². The molecule has 0 bridgehead atoms. The van der Waals surface area contributed by atoms with Crippen LogP contribution in [0.25, 0.3) is 0 Å². The molecule has 33 heavy (non-hydrogen) atoms. The molecular weight excluding hydrogens is 445 g/mol. The number of nitrogens with zero attached hydrogens (tertiary/aromatic N) is 1. The van der Waals surface area contributed by atoms with Gasteiger partial charge in [-0.05, 0) is 24.1 Å². The van der Waals surface area contributed by atoms with Crippen molar-refractivity contribution in [1.29, 1.82) is 0 Å². The number of hydrogen-bond donors (Lipinski definition) is 2. The largest absolute Gasteiger partial charge is 0.469 e. The lowest BCUT2D eigenvalue weighted by Gasteiger charge is -2.18. The second-order valence-electron chi connectivity index (χ2n) is 8.56. The Morgan fingerprint density at radius 2 is 1.33 bits per heavy atom. The zero-order chi connectivity index (χ0) is 24.4. The number of phosphoric ester groups is 1. The number of phosphoric acid groups is 1. The van der Waals surface area contributed by atoms with Gasteiger partial charge in [0.1, 0.15) is 0 Å². The van der Waals surface area contributed by atoms with Crippen molar-refractivity contribution in [1.82, 2.24) is 0 Å². The Hall–Kier alpha value is -1.31. The SMILES string of the molecule is CCCCCCCCCCCCCCCOC(CCOP(=O)(O)O)c1ccc([N+](=O)[O-])cc1. The van der Waals surface area contributed by atoms with Crippen LogP contribution < -0.4 is 0 Å². The Balaban J connectivity index is 2.23. The predicted molar refractivity (Wildman–Crippen MR) is 130 cm³/mol. The van der Waals surface area contributed by atoms with Crippen LogP contribution in [-0.4, -0.2) is 27.9 Å². The summed E-state index contributed by atoms with van der Waals surface area (Å²) in [6.45, 7) is 2.61. The molecule has 0 heterocycles. The molecule has 8 nitrogen and oxygen atoms in total. The maximum atomic E-state index is 10.9. The summed E-state index contributed by atoms with van der Waals surface area (Å²) in [5.41, 5.74) is 0.713. The molecule has 1 rings (SSSR count). The van der Waals surface area contributed by atoms with Crippen molar-refractivity contribution in [3.05, 3.63) is 39.9 Å². The number of nitro benzene ring substituents is 1. The number of hydrogen-bond acceptors (Lipinski definition) is 5. The van der Waals surface area contributed by atoms with E-state index in [4.69, 9.17) is 14.5 Å². The Morgan fingerprint density at radius 1 is 0.848 bits per heavy atom. The zero-order valence-corrected chi connectivity index (χ0v) is 20.9. The van der Waals surface area contributed by atoms with E-state index in [0.29, 0.717) is 6.61 Å². The molecule has 0 saturated carbocycles. The smallest absolute Gasteiger partial charge is 0.373 e. The fraction of sp³-hybridized carbons (Fsp3) is 0.750. The zero-order valence-electron chi connectivity index (χ0n) is 20.0. The van der Waals surface area contributed by atoms with E-state index in [2.05, 4.69) is 11.4 Å². The summed E-state index contributed by atoms with van der Waals surface area (Å²) in [7, 11) is -4.54. The number of benzene rings is 1. The van der Waals surface area contributed by atoms with Gasteiger partial charge in [0.05, 0.1) is 17.6 Å². The Labute approximate surface area is 198 Å². The molecular formula is C24H42NO7P. The van der Waals surface area contributed by atoms with Crippen molar-refractivity contribution in [3.63, 3.8) is 0 Å². The number of rotatable bonds is 21. The highest BCUT2D eigenvalue weighted by molar-refractivity contribution is 7.46. The van der Waals surface area contributed by atoms with Gasteiger partial charge in [0.2, 0.25) is 0 Å². The van der Waals surface area contributed by atoms with Gasteiger partial charge in [-0.25, -0.2) is 4.57 Å². The molecule has 2 N–H and O–H groups in total. The van der Waals surface area contributed by atoms with Gasteiger partial charge in [0.15, 0.2) is 0 Å². The van der Waals surface area contributed by atoms with Crippen molar-refractivity contribution < 1.29 is 28.5 Å². The molecule has 0 aliphatic heterocycles. The first-order valence-corrected chi connectivity index (χ1v) is 13.9. The number of ether oxygens (including phenoxy) is 1. The molecule has 0 aromatic heterocycles. The van der Waals surface area contributed by atoms with Crippen LogP contribution in [0.15, 0.2) is 24.3 Å². The van der Waals surface area contributed by atoms with Crippen LogP contribution in [0.3, 0.4) is 0 Å². The van der Waals surface area contributed by atoms with Gasteiger partial charge >= 0.3 is 7.82 Å². The van der Waals surface area contributed by atoms with Crippen molar-refractivity contribution in [3.8, 4) is 0 Å². The third-order valence-corrected chi connectivity index (χ3v) is 6.20. The Bertz CT molecular complexity index is 678. The molecule has 0 aliphatic carbocycles. The normalized spacial score (nSPS) is 12.7. The average molecular weight is 488 g/mol.